The van der Waals surface area contributed by atoms with Crippen LogP contribution < -0.4 is 4.90 Å². The molecule has 3 aromatic rings. The number of amides is 1. The molecule has 1 amide bonds. The quantitative estimate of drug-likeness (QED) is 0.585. The van der Waals surface area contributed by atoms with Crippen LogP contribution in [0.15, 0.2) is 60.7 Å². The molecule has 160 valence electrons. The molecular weight excluding hydrogens is 402 g/mol. The number of hydrogen-bond donors (Lipinski definition) is 1. The van der Waals surface area contributed by atoms with Gasteiger partial charge in [-0.1, -0.05) is 54.5 Å². The summed E-state index contributed by atoms with van der Waals surface area (Å²) in [7, 11) is 1.59. The first-order valence-corrected chi connectivity index (χ1v) is 10.3. The lowest BCUT2D eigenvalue weighted by atomic mass is 9.98. The molecule has 3 aromatic carbocycles. The summed E-state index contributed by atoms with van der Waals surface area (Å²) in [6, 6.07) is 19.7. The molecule has 32 heavy (non-hydrogen) atoms. The molecule has 0 radical (unpaired) electrons. The molecule has 0 heterocycles. The lowest BCUT2D eigenvalue weighted by Crippen LogP contribution is -2.29. The van der Waals surface area contributed by atoms with Gasteiger partial charge in [-0.15, -0.1) is 6.42 Å². The van der Waals surface area contributed by atoms with E-state index in [4.69, 9.17) is 11.2 Å². The number of benzene rings is 3. The minimum absolute atomic E-state index is 0.0402. The Balaban J connectivity index is 1.56. The lowest BCUT2D eigenvalue weighted by Gasteiger charge is -2.21. The highest BCUT2D eigenvalue weighted by atomic mass is 16.6. The van der Waals surface area contributed by atoms with Crippen LogP contribution in [0.2, 0.25) is 0 Å². The zero-order valence-corrected chi connectivity index (χ0v) is 18.0. The van der Waals surface area contributed by atoms with E-state index in [0.717, 1.165) is 27.8 Å². The second-order valence-corrected chi connectivity index (χ2v) is 7.86. The highest BCUT2D eigenvalue weighted by Gasteiger charge is 2.29. The van der Waals surface area contributed by atoms with Gasteiger partial charge in [0, 0.05) is 24.2 Å². The van der Waals surface area contributed by atoms with Crippen molar-refractivity contribution in [3.05, 3.63) is 88.5 Å². The molecule has 0 saturated heterocycles. The van der Waals surface area contributed by atoms with Gasteiger partial charge in [-0.05, 0) is 52.4 Å². The van der Waals surface area contributed by atoms with Crippen molar-refractivity contribution < 1.29 is 19.4 Å². The van der Waals surface area contributed by atoms with E-state index in [2.05, 4.69) is 30.2 Å². The number of fused-ring (bicyclic) bond motifs is 3. The largest absolute Gasteiger partial charge is 0.481 e. The van der Waals surface area contributed by atoms with E-state index in [9.17, 15) is 14.7 Å². The summed E-state index contributed by atoms with van der Waals surface area (Å²) >= 11 is 0. The Morgan fingerprint density at radius 3 is 2.22 bits per heavy atom. The number of carbonyl (C=O) groups excluding carboxylic acids is 1. The lowest BCUT2D eigenvalue weighted by molar-refractivity contribution is -0.136. The van der Waals surface area contributed by atoms with Gasteiger partial charge in [-0.2, -0.15) is 0 Å². The van der Waals surface area contributed by atoms with Crippen molar-refractivity contribution in [1.82, 2.24) is 0 Å². The number of aliphatic carboxylic acids is 1. The van der Waals surface area contributed by atoms with Gasteiger partial charge < -0.3 is 9.84 Å². The zero-order valence-electron chi connectivity index (χ0n) is 18.0. The molecule has 0 atom stereocenters. The number of rotatable bonds is 5. The Hall–Kier alpha value is -4.04. The second kappa shape index (κ2) is 8.60. The monoisotopic (exact) mass is 425 g/mol. The molecular formula is C27H23NO4. The van der Waals surface area contributed by atoms with Gasteiger partial charge in [-0.3, -0.25) is 9.69 Å². The van der Waals surface area contributed by atoms with E-state index < -0.39 is 12.1 Å². The minimum Gasteiger partial charge on any atom is -0.481 e. The molecule has 1 aliphatic rings. The van der Waals surface area contributed by atoms with Gasteiger partial charge in [0.05, 0.1) is 6.42 Å². The van der Waals surface area contributed by atoms with Crippen LogP contribution in [0.25, 0.3) is 11.1 Å². The third-order valence-electron chi connectivity index (χ3n) is 5.99. The molecule has 5 nitrogen and oxygen atoms in total. The van der Waals surface area contributed by atoms with E-state index >= 15 is 0 Å². The topological polar surface area (TPSA) is 66.8 Å². The van der Waals surface area contributed by atoms with Crippen LogP contribution in [0.5, 0.6) is 0 Å². The van der Waals surface area contributed by atoms with Crippen molar-refractivity contribution in [2.45, 2.75) is 19.3 Å². The van der Waals surface area contributed by atoms with Gasteiger partial charge in [0.25, 0.3) is 0 Å². The molecule has 4 rings (SSSR count). The number of carboxylic acids is 1. The Kier molecular flexibility index (Phi) is 5.70. The average Bonchev–Trinajstić information content (AvgIpc) is 3.11. The summed E-state index contributed by atoms with van der Waals surface area (Å²) in [5, 5.41) is 9.20. The third-order valence-corrected chi connectivity index (χ3v) is 5.99. The van der Waals surface area contributed by atoms with Gasteiger partial charge in [0.2, 0.25) is 0 Å². The fourth-order valence-corrected chi connectivity index (χ4v) is 4.24. The Bertz CT molecular complexity index is 1210. The van der Waals surface area contributed by atoms with E-state index in [1.165, 1.54) is 4.90 Å². The van der Waals surface area contributed by atoms with E-state index in [1.807, 2.05) is 24.3 Å². The van der Waals surface area contributed by atoms with Crippen LogP contribution in [0.1, 0.15) is 33.7 Å². The summed E-state index contributed by atoms with van der Waals surface area (Å²) in [5.41, 5.74) is 6.94. The van der Waals surface area contributed by atoms with E-state index in [0.29, 0.717) is 16.8 Å². The molecule has 0 aromatic heterocycles. The molecule has 0 fully saturated rings. The van der Waals surface area contributed by atoms with Gasteiger partial charge in [0.15, 0.2) is 0 Å². The maximum absolute atomic E-state index is 12.9. The van der Waals surface area contributed by atoms with Crippen LogP contribution >= 0.6 is 0 Å². The molecule has 0 unspecified atom stereocenters. The first-order chi connectivity index (χ1) is 15.4. The summed E-state index contributed by atoms with van der Waals surface area (Å²) in [4.78, 5) is 25.5. The first-order valence-electron chi connectivity index (χ1n) is 10.3. The number of ether oxygens (including phenoxy) is 1. The maximum Gasteiger partial charge on any atom is 0.414 e. The highest BCUT2D eigenvalue weighted by Crippen LogP contribution is 2.44. The third kappa shape index (κ3) is 3.83. The summed E-state index contributed by atoms with van der Waals surface area (Å²) in [5.74, 6) is 1.57. The smallest absolute Gasteiger partial charge is 0.414 e. The zero-order chi connectivity index (χ0) is 22.8. The number of carbonyl (C=O) groups is 2. The Morgan fingerprint density at radius 1 is 1.06 bits per heavy atom. The molecule has 0 spiro atoms. The van der Waals surface area contributed by atoms with Crippen LogP contribution in [0, 0.1) is 19.3 Å². The fraction of sp³-hybridized carbons (Fsp3) is 0.185. The van der Waals surface area contributed by atoms with Crippen LogP contribution in [-0.2, 0) is 16.0 Å². The van der Waals surface area contributed by atoms with Crippen molar-refractivity contribution in [2.75, 3.05) is 18.6 Å². The number of terminal acetylenes is 1. The standard InChI is InChI=1S/C27H23NO4/c1-4-18-13-20(14-19(17(18)2)15-26(29)30)28(3)27(31)32-16-25-23-11-7-5-9-21(23)22-10-6-8-12-24(22)25/h1,5-14,25H,15-16H2,2-3H3,(H,29,30). The molecule has 5 heteroatoms. The van der Waals surface area contributed by atoms with Gasteiger partial charge in [-0.25, -0.2) is 4.79 Å². The van der Waals surface area contributed by atoms with Crippen molar-refractivity contribution in [3.8, 4) is 23.5 Å². The summed E-state index contributed by atoms with van der Waals surface area (Å²) < 4.78 is 5.70. The van der Waals surface area contributed by atoms with Crippen molar-refractivity contribution in [3.63, 3.8) is 0 Å². The van der Waals surface area contributed by atoms with Crippen molar-refractivity contribution >= 4 is 17.7 Å². The molecule has 1 aliphatic carbocycles. The van der Waals surface area contributed by atoms with Crippen molar-refractivity contribution in [2.24, 2.45) is 0 Å². The maximum atomic E-state index is 12.9. The van der Waals surface area contributed by atoms with Crippen LogP contribution in [0.4, 0.5) is 10.5 Å². The SMILES string of the molecule is C#Cc1cc(N(C)C(=O)OCC2c3ccccc3-c3ccccc32)cc(CC(=O)O)c1C. The van der Waals surface area contributed by atoms with Gasteiger partial charge >= 0.3 is 12.1 Å². The second-order valence-electron chi connectivity index (χ2n) is 7.86. The van der Waals surface area contributed by atoms with E-state index in [1.54, 1.807) is 26.1 Å². The first kappa shape index (κ1) is 21.2. The molecule has 0 saturated carbocycles. The number of carboxylic acid groups (broad SMARTS) is 1. The highest BCUT2D eigenvalue weighted by molar-refractivity contribution is 5.88. The molecule has 1 N–H and O–H groups in total. The normalized spacial score (nSPS) is 11.9. The number of hydrogen-bond acceptors (Lipinski definition) is 3. The predicted octanol–water partition coefficient (Wildman–Crippen LogP) is 4.99. The van der Waals surface area contributed by atoms with Crippen LogP contribution in [0.3, 0.4) is 0 Å². The number of anilines is 1. The molecule has 0 bridgehead atoms. The Morgan fingerprint density at radius 2 is 1.66 bits per heavy atom. The average molecular weight is 425 g/mol. The molecule has 0 aliphatic heterocycles. The minimum atomic E-state index is -0.961. The predicted molar refractivity (Wildman–Crippen MR) is 124 cm³/mol. The Labute approximate surface area is 187 Å². The summed E-state index contributed by atoms with van der Waals surface area (Å²) in [6.07, 6.45) is 4.89. The van der Waals surface area contributed by atoms with Gasteiger partial charge in [0.1, 0.15) is 6.61 Å². The van der Waals surface area contributed by atoms with E-state index in [-0.39, 0.29) is 18.9 Å². The van der Waals surface area contributed by atoms with Crippen molar-refractivity contribution in [1.29, 1.82) is 0 Å². The summed E-state index contributed by atoms with van der Waals surface area (Å²) in [6.45, 7) is 1.98. The van der Waals surface area contributed by atoms with Crippen LogP contribution in [-0.4, -0.2) is 30.8 Å². The fourth-order valence-electron chi connectivity index (χ4n) is 4.24. The number of nitrogens with zero attached hydrogens (tertiary/aromatic N) is 1.